The van der Waals surface area contributed by atoms with Crippen LogP contribution in [-0.4, -0.2) is 26.7 Å². The molecule has 0 aliphatic carbocycles. The molecule has 0 spiro atoms. The number of carbonyl (C=O) groups excluding carboxylic acids is 2. The lowest BCUT2D eigenvalue weighted by atomic mass is 10.1. The molecule has 0 aliphatic rings. The SMILES string of the molecule is CC(=O)c1cccc(S(=O)(=O)NCCC(=O)NCc2ccc(C(F)(F)F)cc2)c1. The number of ketones is 1. The third-order valence-electron chi connectivity index (χ3n) is 3.97. The van der Waals surface area contributed by atoms with Gasteiger partial charge in [0.15, 0.2) is 5.78 Å². The van der Waals surface area contributed by atoms with E-state index in [1.54, 1.807) is 0 Å². The lowest BCUT2D eigenvalue weighted by Gasteiger charge is -2.10. The zero-order chi connectivity index (χ0) is 21.7. The fraction of sp³-hybridized carbons (Fsp3) is 0.263. The van der Waals surface area contributed by atoms with Crippen LogP contribution < -0.4 is 10.0 Å². The predicted molar refractivity (Wildman–Crippen MR) is 99.5 cm³/mol. The van der Waals surface area contributed by atoms with Crippen LogP contribution in [0.15, 0.2) is 53.4 Å². The first kappa shape index (κ1) is 22.6. The van der Waals surface area contributed by atoms with Gasteiger partial charge in [-0.15, -0.1) is 0 Å². The van der Waals surface area contributed by atoms with Crippen molar-refractivity contribution in [2.75, 3.05) is 6.54 Å². The maximum atomic E-state index is 12.5. The first-order valence-corrected chi connectivity index (χ1v) is 10.0. The molecule has 0 saturated heterocycles. The second-order valence-corrected chi connectivity index (χ2v) is 7.97. The molecule has 2 rings (SSSR count). The molecule has 2 N–H and O–H groups in total. The average Bonchev–Trinajstić information content (AvgIpc) is 2.66. The molecule has 0 atom stereocenters. The van der Waals surface area contributed by atoms with Gasteiger partial charge in [-0.2, -0.15) is 13.2 Å². The Morgan fingerprint density at radius 2 is 1.69 bits per heavy atom. The summed E-state index contributed by atoms with van der Waals surface area (Å²) in [5, 5.41) is 2.51. The highest BCUT2D eigenvalue weighted by Crippen LogP contribution is 2.29. The molecule has 0 radical (unpaired) electrons. The predicted octanol–water partition coefficient (Wildman–Crippen LogP) is 2.89. The Labute approximate surface area is 166 Å². The number of Topliss-reactive ketones (excluding diaryl/α,β-unsaturated/α-hetero) is 1. The van der Waals surface area contributed by atoms with E-state index in [0.29, 0.717) is 5.56 Å². The first-order valence-electron chi connectivity index (χ1n) is 8.52. The van der Waals surface area contributed by atoms with Crippen LogP contribution in [0.1, 0.15) is 34.8 Å². The number of rotatable bonds is 8. The molecule has 0 unspecified atom stereocenters. The monoisotopic (exact) mass is 428 g/mol. The molecule has 0 bridgehead atoms. The van der Waals surface area contributed by atoms with E-state index < -0.39 is 27.7 Å². The highest BCUT2D eigenvalue weighted by Gasteiger charge is 2.29. The first-order chi connectivity index (χ1) is 13.5. The van der Waals surface area contributed by atoms with Crippen LogP contribution in [0.4, 0.5) is 13.2 Å². The van der Waals surface area contributed by atoms with Gasteiger partial charge in [-0.1, -0.05) is 24.3 Å². The molecule has 0 saturated carbocycles. The van der Waals surface area contributed by atoms with E-state index in [0.717, 1.165) is 12.1 Å². The van der Waals surface area contributed by atoms with Crippen LogP contribution in [0.5, 0.6) is 0 Å². The summed E-state index contributed by atoms with van der Waals surface area (Å²) in [6.45, 7) is 1.16. The molecule has 1 amide bonds. The van der Waals surface area contributed by atoms with Crippen LogP contribution >= 0.6 is 0 Å². The van der Waals surface area contributed by atoms with Crippen molar-refractivity contribution in [1.82, 2.24) is 10.0 Å². The number of alkyl halides is 3. The minimum Gasteiger partial charge on any atom is -0.352 e. The molecule has 2 aromatic carbocycles. The zero-order valence-corrected chi connectivity index (χ0v) is 16.2. The lowest BCUT2D eigenvalue weighted by Crippen LogP contribution is -2.30. The largest absolute Gasteiger partial charge is 0.416 e. The standard InChI is InChI=1S/C19H19F3N2O4S/c1-13(25)15-3-2-4-17(11-15)29(27,28)24-10-9-18(26)23-12-14-5-7-16(8-6-14)19(20,21)22/h2-8,11,24H,9-10,12H2,1H3,(H,23,26). The molecule has 29 heavy (non-hydrogen) atoms. The second kappa shape index (κ2) is 9.19. The smallest absolute Gasteiger partial charge is 0.352 e. The number of hydrogen-bond donors (Lipinski definition) is 2. The van der Waals surface area contributed by atoms with Crippen molar-refractivity contribution in [3.8, 4) is 0 Å². The van der Waals surface area contributed by atoms with Crippen molar-refractivity contribution in [1.29, 1.82) is 0 Å². The van der Waals surface area contributed by atoms with Gasteiger partial charge in [-0.05, 0) is 36.8 Å². The molecular formula is C19H19F3N2O4S. The summed E-state index contributed by atoms with van der Waals surface area (Å²) in [7, 11) is -3.89. The second-order valence-electron chi connectivity index (χ2n) is 6.20. The molecule has 0 aromatic heterocycles. The van der Waals surface area contributed by atoms with E-state index in [-0.39, 0.29) is 35.8 Å². The van der Waals surface area contributed by atoms with Gasteiger partial charge in [-0.3, -0.25) is 9.59 Å². The summed E-state index contributed by atoms with van der Waals surface area (Å²) in [6.07, 6.45) is -4.59. The van der Waals surface area contributed by atoms with Crippen LogP contribution in [0, 0.1) is 0 Å². The Balaban J connectivity index is 1.83. The van der Waals surface area contributed by atoms with Gasteiger partial charge >= 0.3 is 6.18 Å². The maximum absolute atomic E-state index is 12.5. The van der Waals surface area contributed by atoms with Gasteiger partial charge in [0.05, 0.1) is 10.5 Å². The van der Waals surface area contributed by atoms with Crippen LogP contribution in [0.2, 0.25) is 0 Å². The summed E-state index contributed by atoms with van der Waals surface area (Å²) in [5.41, 5.74) is -0.0500. The van der Waals surface area contributed by atoms with Crippen molar-refractivity contribution >= 4 is 21.7 Å². The number of halogens is 3. The Morgan fingerprint density at radius 1 is 1.03 bits per heavy atom. The third-order valence-corrected chi connectivity index (χ3v) is 5.42. The van der Waals surface area contributed by atoms with E-state index in [1.165, 1.54) is 43.3 Å². The fourth-order valence-corrected chi connectivity index (χ4v) is 3.44. The van der Waals surface area contributed by atoms with E-state index in [9.17, 15) is 31.2 Å². The number of hydrogen-bond acceptors (Lipinski definition) is 4. The van der Waals surface area contributed by atoms with Gasteiger partial charge in [0, 0.05) is 25.1 Å². The van der Waals surface area contributed by atoms with Crippen LogP contribution in [0.25, 0.3) is 0 Å². The summed E-state index contributed by atoms with van der Waals surface area (Å²) in [5.74, 6) is -0.741. The molecule has 0 fully saturated rings. The minimum atomic E-state index is -4.43. The Hall–Kier alpha value is -2.72. The summed E-state index contributed by atoms with van der Waals surface area (Å²) >= 11 is 0. The van der Waals surface area contributed by atoms with Crippen LogP contribution in [0.3, 0.4) is 0 Å². The molecule has 156 valence electrons. The average molecular weight is 428 g/mol. The summed E-state index contributed by atoms with van der Waals surface area (Å²) < 4.78 is 64.3. The molecule has 2 aromatic rings. The third kappa shape index (κ3) is 6.68. The Kier molecular flexibility index (Phi) is 7.15. The van der Waals surface area contributed by atoms with Gasteiger partial charge < -0.3 is 5.32 Å². The highest BCUT2D eigenvalue weighted by atomic mass is 32.2. The molecule has 10 heteroatoms. The number of sulfonamides is 1. The number of carbonyl (C=O) groups is 2. The number of benzene rings is 2. The highest BCUT2D eigenvalue weighted by molar-refractivity contribution is 7.89. The van der Waals surface area contributed by atoms with Crippen molar-refractivity contribution in [3.05, 3.63) is 65.2 Å². The molecule has 0 aliphatic heterocycles. The number of amides is 1. The summed E-state index contributed by atoms with van der Waals surface area (Å²) in [6, 6.07) is 9.88. The van der Waals surface area contributed by atoms with Gasteiger partial charge in [0.2, 0.25) is 15.9 Å². The van der Waals surface area contributed by atoms with Crippen LogP contribution in [-0.2, 0) is 27.5 Å². The summed E-state index contributed by atoms with van der Waals surface area (Å²) in [4.78, 5) is 23.1. The Morgan fingerprint density at radius 3 is 2.28 bits per heavy atom. The maximum Gasteiger partial charge on any atom is 0.416 e. The number of nitrogens with one attached hydrogen (secondary N) is 2. The lowest BCUT2D eigenvalue weighted by molar-refractivity contribution is -0.137. The van der Waals surface area contributed by atoms with Gasteiger partial charge in [0.1, 0.15) is 0 Å². The Bertz CT molecular complexity index is 987. The molecule has 6 nitrogen and oxygen atoms in total. The van der Waals surface area contributed by atoms with E-state index >= 15 is 0 Å². The van der Waals surface area contributed by atoms with E-state index in [1.807, 2.05) is 0 Å². The van der Waals surface area contributed by atoms with Gasteiger partial charge in [-0.25, -0.2) is 13.1 Å². The zero-order valence-electron chi connectivity index (χ0n) is 15.4. The van der Waals surface area contributed by atoms with Crippen molar-refractivity contribution in [2.45, 2.75) is 31.0 Å². The van der Waals surface area contributed by atoms with Crippen molar-refractivity contribution < 1.29 is 31.2 Å². The van der Waals surface area contributed by atoms with Gasteiger partial charge in [0.25, 0.3) is 0 Å². The minimum absolute atomic E-state index is 0.0182. The topological polar surface area (TPSA) is 92.3 Å². The molecular weight excluding hydrogens is 409 g/mol. The van der Waals surface area contributed by atoms with Crippen molar-refractivity contribution in [2.24, 2.45) is 0 Å². The quantitative estimate of drug-likeness (QED) is 0.633. The normalized spacial score (nSPS) is 11.9. The van der Waals surface area contributed by atoms with Crippen molar-refractivity contribution in [3.63, 3.8) is 0 Å². The molecule has 0 heterocycles. The fourth-order valence-electron chi connectivity index (χ4n) is 2.37. The van der Waals surface area contributed by atoms with E-state index in [2.05, 4.69) is 10.0 Å². The van der Waals surface area contributed by atoms with E-state index in [4.69, 9.17) is 0 Å².